The Morgan fingerprint density at radius 2 is 1.92 bits per heavy atom. The molecular formula is C26H31ClN5O6P. The molecule has 2 aromatic carbocycles. The number of nitrogens with zero attached hydrogens (tertiary/aromatic N) is 3. The van der Waals surface area contributed by atoms with Gasteiger partial charge in [-0.1, -0.05) is 30.7 Å². The van der Waals surface area contributed by atoms with Crippen molar-refractivity contribution in [2.24, 2.45) is 0 Å². The average Bonchev–Trinajstić information content (AvgIpc) is 2.89. The number of benzene rings is 2. The smallest absolute Gasteiger partial charge is 0.306 e. The third kappa shape index (κ3) is 7.91. The topological polar surface area (TPSA) is 146 Å². The van der Waals surface area contributed by atoms with Crippen LogP contribution in [-0.2, 0) is 20.5 Å². The molecule has 2 N–H and O–H groups in total. The number of halogens is 1. The molecule has 208 valence electrons. The van der Waals surface area contributed by atoms with Crippen LogP contribution in [0.25, 0.3) is 0 Å². The summed E-state index contributed by atoms with van der Waals surface area (Å²) in [5, 5.41) is 18.8. The van der Waals surface area contributed by atoms with E-state index in [-0.39, 0.29) is 47.1 Å². The number of aryl methyl sites for hydroxylation is 1. The van der Waals surface area contributed by atoms with Crippen molar-refractivity contribution in [1.82, 2.24) is 9.97 Å². The zero-order valence-corrected chi connectivity index (χ0v) is 24.0. The Labute approximate surface area is 231 Å². The maximum absolute atomic E-state index is 12.7. The van der Waals surface area contributed by atoms with Crippen LogP contribution in [0, 0.1) is 10.1 Å². The first-order valence-electron chi connectivity index (χ1n) is 12.2. The standard InChI is InChI=1S/C26H31ClN5O6P/c1-6-16(2)38-24(33)12-11-17-13-22(37-3)20(14-21(17)32(34)35)30-26-28-15-18(27)25(31-26)29-19-9-7-8-10-23(19)39(4,5)36/h7-10,13-16H,6,11-12H2,1-5H3,(H2,28,29,30,31). The second kappa shape index (κ2) is 12.9. The number of rotatable bonds is 12. The molecule has 0 aliphatic heterocycles. The number of hydrogen-bond donors (Lipinski definition) is 2. The molecule has 1 aromatic heterocycles. The fourth-order valence-electron chi connectivity index (χ4n) is 3.66. The number of aromatic nitrogens is 2. The molecule has 0 fully saturated rings. The van der Waals surface area contributed by atoms with Crippen LogP contribution >= 0.6 is 18.7 Å². The van der Waals surface area contributed by atoms with Gasteiger partial charge in [-0.05, 0) is 51.3 Å². The molecule has 0 amide bonds. The average molecular weight is 576 g/mol. The molecule has 0 saturated carbocycles. The van der Waals surface area contributed by atoms with Crippen molar-refractivity contribution in [3.63, 3.8) is 0 Å². The van der Waals surface area contributed by atoms with E-state index in [9.17, 15) is 19.5 Å². The summed E-state index contributed by atoms with van der Waals surface area (Å²) in [5.74, 6) is 0.202. The number of nitro groups is 1. The summed E-state index contributed by atoms with van der Waals surface area (Å²) >= 11 is 6.33. The van der Waals surface area contributed by atoms with Crippen molar-refractivity contribution < 1.29 is 23.8 Å². The molecule has 1 atom stereocenters. The number of hydrogen-bond acceptors (Lipinski definition) is 10. The number of methoxy groups -OCH3 is 1. The van der Waals surface area contributed by atoms with E-state index in [2.05, 4.69) is 20.6 Å². The highest BCUT2D eigenvalue weighted by molar-refractivity contribution is 7.70. The van der Waals surface area contributed by atoms with Gasteiger partial charge in [0, 0.05) is 23.4 Å². The Hall–Kier alpha value is -3.69. The first kappa shape index (κ1) is 29.9. The number of carbonyl (C=O) groups is 1. The van der Waals surface area contributed by atoms with E-state index in [1.165, 1.54) is 25.4 Å². The third-order valence-corrected chi connectivity index (χ3v) is 7.66. The number of para-hydroxylation sites is 1. The van der Waals surface area contributed by atoms with Crippen LogP contribution in [0.2, 0.25) is 5.02 Å². The maximum atomic E-state index is 12.7. The minimum absolute atomic E-state index is 0.0135. The summed E-state index contributed by atoms with van der Waals surface area (Å²) in [4.78, 5) is 32.0. The highest BCUT2D eigenvalue weighted by Gasteiger charge is 2.22. The second-order valence-electron chi connectivity index (χ2n) is 9.16. The van der Waals surface area contributed by atoms with E-state index >= 15 is 0 Å². The van der Waals surface area contributed by atoms with E-state index in [0.717, 1.165) is 0 Å². The van der Waals surface area contributed by atoms with Crippen molar-refractivity contribution in [2.75, 3.05) is 31.1 Å². The van der Waals surface area contributed by atoms with Crippen LogP contribution in [0.4, 0.5) is 28.8 Å². The van der Waals surface area contributed by atoms with E-state index < -0.39 is 18.0 Å². The molecule has 0 spiro atoms. The number of nitro benzene ring substituents is 1. The summed E-state index contributed by atoms with van der Waals surface area (Å²) in [6, 6.07) is 9.94. The van der Waals surface area contributed by atoms with Gasteiger partial charge in [0.1, 0.15) is 17.9 Å². The van der Waals surface area contributed by atoms with Crippen LogP contribution in [0.5, 0.6) is 5.75 Å². The molecule has 0 saturated heterocycles. The lowest BCUT2D eigenvalue weighted by Crippen LogP contribution is -2.14. The lowest BCUT2D eigenvalue weighted by molar-refractivity contribution is -0.385. The Kier molecular flexibility index (Phi) is 9.88. The molecule has 1 heterocycles. The third-order valence-electron chi connectivity index (χ3n) is 5.83. The SMILES string of the molecule is CCC(C)OC(=O)CCc1cc(OC)c(Nc2ncc(Cl)c(Nc3ccccc3P(C)(C)=O)n2)cc1[N+](=O)[O-]. The van der Waals surface area contributed by atoms with E-state index in [4.69, 9.17) is 21.1 Å². The van der Waals surface area contributed by atoms with Gasteiger partial charge in [-0.3, -0.25) is 14.9 Å². The Morgan fingerprint density at radius 1 is 1.21 bits per heavy atom. The lowest BCUT2D eigenvalue weighted by atomic mass is 10.1. The first-order valence-corrected chi connectivity index (χ1v) is 15.2. The Bertz CT molecular complexity index is 1410. The van der Waals surface area contributed by atoms with Gasteiger partial charge < -0.3 is 24.7 Å². The monoisotopic (exact) mass is 575 g/mol. The van der Waals surface area contributed by atoms with Gasteiger partial charge in [-0.25, -0.2) is 4.98 Å². The first-order chi connectivity index (χ1) is 18.4. The predicted molar refractivity (Wildman–Crippen MR) is 153 cm³/mol. The fraction of sp³-hybridized carbons (Fsp3) is 0.346. The van der Waals surface area contributed by atoms with Gasteiger partial charge in [-0.15, -0.1) is 0 Å². The van der Waals surface area contributed by atoms with Crippen molar-refractivity contribution in [1.29, 1.82) is 0 Å². The van der Waals surface area contributed by atoms with E-state index in [1.54, 1.807) is 44.5 Å². The number of anilines is 4. The summed E-state index contributed by atoms with van der Waals surface area (Å²) < 4.78 is 23.5. The minimum atomic E-state index is -2.60. The van der Waals surface area contributed by atoms with Gasteiger partial charge in [0.2, 0.25) is 5.95 Å². The number of nitrogens with one attached hydrogen (secondary N) is 2. The molecule has 0 radical (unpaired) electrons. The highest BCUT2D eigenvalue weighted by atomic mass is 35.5. The Balaban J connectivity index is 1.89. The van der Waals surface area contributed by atoms with Crippen LogP contribution < -0.4 is 20.7 Å². The van der Waals surface area contributed by atoms with E-state index in [1.807, 2.05) is 6.92 Å². The molecule has 0 aliphatic carbocycles. The number of esters is 1. The van der Waals surface area contributed by atoms with Crippen molar-refractivity contribution in [3.8, 4) is 5.75 Å². The Morgan fingerprint density at radius 3 is 2.56 bits per heavy atom. The van der Waals surface area contributed by atoms with Crippen molar-refractivity contribution in [2.45, 2.75) is 39.2 Å². The van der Waals surface area contributed by atoms with Crippen LogP contribution in [0.15, 0.2) is 42.6 Å². The molecular weight excluding hydrogens is 545 g/mol. The van der Waals surface area contributed by atoms with Crippen LogP contribution in [-0.4, -0.2) is 47.4 Å². The summed E-state index contributed by atoms with van der Waals surface area (Å²) in [7, 11) is -1.18. The maximum Gasteiger partial charge on any atom is 0.306 e. The van der Waals surface area contributed by atoms with Crippen LogP contribution in [0.3, 0.4) is 0 Å². The molecule has 39 heavy (non-hydrogen) atoms. The molecule has 1 unspecified atom stereocenters. The van der Waals surface area contributed by atoms with Gasteiger partial charge in [0.15, 0.2) is 5.82 Å². The molecule has 13 heteroatoms. The van der Waals surface area contributed by atoms with Crippen molar-refractivity contribution >= 4 is 58.8 Å². The molecule has 0 aliphatic rings. The highest BCUT2D eigenvalue weighted by Crippen LogP contribution is 2.39. The lowest BCUT2D eigenvalue weighted by Gasteiger charge is -2.16. The van der Waals surface area contributed by atoms with E-state index in [0.29, 0.717) is 28.7 Å². The predicted octanol–water partition coefficient (Wildman–Crippen LogP) is 6.06. The minimum Gasteiger partial charge on any atom is -0.495 e. The van der Waals surface area contributed by atoms with Gasteiger partial charge in [0.05, 0.1) is 35.7 Å². The molecule has 11 nitrogen and oxygen atoms in total. The summed E-state index contributed by atoms with van der Waals surface area (Å²) in [5.41, 5.74) is 0.956. The largest absolute Gasteiger partial charge is 0.495 e. The summed E-state index contributed by atoms with van der Waals surface area (Å²) in [6.07, 6.45) is 1.91. The van der Waals surface area contributed by atoms with Crippen LogP contribution in [0.1, 0.15) is 32.3 Å². The molecule has 3 rings (SSSR count). The summed E-state index contributed by atoms with van der Waals surface area (Å²) in [6.45, 7) is 7.02. The normalized spacial score (nSPS) is 11.9. The number of carbonyl (C=O) groups excluding carboxylic acids is 1. The quantitative estimate of drug-likeness (QED) is 0.113. The fourth-order valence-corrected chi connectivity index (χ4v) is 4.96. The zero-order chi connectivity index (χ0) is 28.7. The van der Waals surface area contributed by atoms with Crippen molar-refractivity contribution in [3.05, 3.63) is 63.3 Å². The number of ether oxygens (including phenoxy) is 2. The van der Waals surface area contributed by atoms with Gasteiger partial charge in [0.25, 0.3) is 5.69 Å². The van der Waals surface area contributed by atoms with Gasteiger partial charge >= 0.3 is 5.97 Å². The zero-order valence-electron chi connectivity index (χ0n) is 22.4. The second-order valence-corrected chi connectivity index (χ2v) is 12.7. The van der Waals surface area contributed by atoms with Gasteiger partial charge in [-0.2, -0.15) is 4.98 Å². The molecule has 3 aromatic rings. The molecule has 0 bridgehead atoms.